The van der Waals surface area contributed by atoms with Crippen LogP contribution in [-0.4, -0.2) is 5.78 Å². The molecular weight excluding hydrogens is 356 g/mol. The van der Waals surface area contributed by atoms with Crippen molar-refractivity contribution in [1.82, 2.24) is 0 Å². The van der Waals surface area contributed by atoms with Gasteiger partial charge in [-0.2, -0.15) is 0 Å². The van der Waals surface area contributed by atoms with Gasteiger partial charge in [0.05, 0.1) is 0 Å². The van der Waals surface area contributed by atoms with Crippen LogP contribution in [0.2, 0.25) is 5.02 Å². The first-order chi connectivity index (χ1) is 9.58. The van der Waals surface area contributed by atoms with Crippen LogP contribution in [0.15, 0.2) is 46.3 Å². The Morgan fingerprint density at radius 1 is 1.20 bits per heavy atom. The minimum atomic E-state index is 0.0449. The number of carbonyl (C=O) groups excluding carboxylic acids is 1. The van der Waals surface area contributed by atoms with Crippen molar-refractivity contribution in [3.05, 3.63) is 68.0 Å². The van der Waals surface area contributed by atoms with E-state index in [9.17, 15) is 4.79 Å². The molecule has 20 heavy (non-hydrogen) atoms. The molecule has 0 unspecified atom stereocenters. The molecule has 0 aliphatic heterocycles. The quantitative estimate of drug-likeness (QED) is 0.520. The maximum atomic E-state index is 12.7. The fourth-order valence-electron chi connectivity index (χ4n) is 2.22. The van der Waals surface area contributed by atoms with E-state index in [1.165, 1.54) is 0 Å². The zero-order valence-corrected chi connectivity index (χ0v) is 13.8. The lowest BCUT2D eigenvalue weighted by Crippen LogP contribution is -2.02. The number of benzene rings is 2. The molecular formula is C16H10BrClOS. The Hall–Kier alpha value is -1.16. The summed E-state index contributed by atoms with van der Waals surface area (Å²) in [7, 11) is 0. The molecule has 0 aliphatic rings. The molecule has 0 fully saturated rings. The predicted molar refractivity (Wildman–Crippen MR) is 89.1 cm³/mol. The molecule has 0 atom stereocenters. The van der Waals surface area contributed by atoms with Gasteiger partial charge < -0.3 is 0 Å². The number of thiophene rings is 1. The Kier molecular flexibility index (Phi) is 3.67. The first-order valence-electron chi connectivity index (χ1n) is 6.04. The average molecular weight is 366 g/mol. The Balaban J connectivity index is 2.16. The molecule has 1 heterocycles. The van der Waals surface area contributed by atoms with Crippen LogP contribution in [0.25, 0.3) is 10.1 Å². The Morgan fingerprint density at radius 2 is 2.00 bits per heavy atom. The van der Waals surface area contributed by atoms with Gasteiger partial charge in [0.15, 0.2) is 5.78 Å². The summed E-state index contributed by atoms with van der Waals surface area (Å²) in [5.41, 5.74) is 2.35. The highest BCUT2D eigenvalue weighted by molar-refractivity contribution is 9.10. The van der Waals surface area contributed by atoms with Gasteiger partial charge in [-0.05, 0) is 52.7 Å². The minimum absolute atomic E-state index is 0.0449. The van der Waals surface area contributed by atoms with Gasteiger partial charge in [0.2, 0.25) is 0 Å². The Labute approximate surface area is 134 Å². The zero-order chi connectivity index (χ0) is 14.3. The van der Waals surface area contributed by atoms with Crippen LogP contribution in [0.3, 0.4) is 0 Å². The van der Waals surface area contributed by atoms with E-state index in [4.69, 9.17) is 11.6 Å². The van der Waals surface area contributed by atoms with E-state index in [-0.39, 0.29) is 5.78 Å². The number of halogens is 2. The Morgan fingerprint density at radius 3 is 2.75 bits per heavy atom. The van der Waals surface area contributed by atoms with Gasteiger partial charge in [-0.3, -0.25) is 4.79 Å². The highest BCUT2D eigenvalue weighted by Gasteiger charge is 2.17. The van der Waals surface area contributed by atoms with Gasteiger partial charge in [-0.15, -0.1) is 11.3 Å². The molecule has 1 aromatic heterocycles. The summed E-state index contributed by atoms with van der Waals surface area (Å²) in [5, 5.41) is 3.56. The molecule has 4 heteroatoms. The second-order valence-electron chi connectivity index (χ2n) is 4.55. The van der Waals surface area contributed by atoms with Crippen molar-refractivity contribution in [2.24, 2.45) is 0 Å². The molecule has 0 saturated heterocycles. The predicted octanol–water partition coefficient (Wildman–Crippen LogP) is 5.86. The van der Waals surface area contributed by atoms with Gasteiger partial charge in [0, 0.05) is 36.1 Å². The standard InChI is InChI=1S/C16H10BrClOS/c1-9-7-10(18)5-6-11(9)15(19)13-8-20-16-12(13)3-2-4-14(16)17/h2-8H,1H3. The van der Waals surface area contributed by atoms with E-state index < -0.39 is 0 Å². The zero-order valence-electron chi connectivity index (χ0n) is 10.6. The summed E-state index contributed by atoms with van der Waals surface area (Å²) in [6, 6.07) is 11.3. The lowest BCUT2D eigenvalue weighted by molar-refractivity contribution is 0.104. The molecule has 0 saturated carbocycles. The van der Waals surface area contributed by atoms with Crippen LogP contribution in [0, 0.1) is 6.92 Å². The largest absolute Gasteiger partial charge is 0.289 e. The van der Waals surface area contributed by atoms with Crippen molar-refractivity contribution in [1.29, 1.82) is 0 Å². The minimum Gasteiger partial charge on any atom is -0.289 e. The number of carbonyl (C=O) groups is 1. The fraction of sp³-hybridized carbons (Fsp3) is 0.0625. The summed E-state index contributed by atoms with van der Waals surface area (Å²) < 4.78 is 2.12. The van der Waals surface area contributed by atoms with Crippen LogP contribution < -0.4 is 0 Å². The molecule has 0 aliphatic carbocycles. The lowest BCUT2D eigenvalue weighted by atomic mass is 9.99. The highest BCUT2D eigenvalue weighted by atomic mass is 79.9. The molecule has 1 nitrogen and oxygen atoms in total. The highest BCUT2D eigenvalue weighted by Crippen LogP contribution is 2.33. The smallest absolute Gasteiger partial charge is 0.194 e. The van der Waals surface area contributed by atoms with Crippen molar-refractivity contribution in [2.75, 3.05) is 0 Å². The van der Waals surface area contributed by atoms with E-state index in [2.05, 4.69) is 15.9 Å². The number of rotatable bonds is 2. The summed E-state index contributed by atoms with van der Waals surface area (Å²) in [4.78, 5) is 12.7. The maximum absolute atomic E-state index is 12.7. The third kappa shape index (κ3) is 2.30. The van der Waals surface area contributed by atoms with Crippen LogP contribution >= 0.6 is 38.9 Å². The van der Waals surface area contributed by atoms with Gasteiger partial charge in [-0.1, -0.05) is 23.7 Å². The number of ketones is 1. The molecule has 100 valence electrons. The SMILES string of the molecule is Cc1cc(Cl)ccc1C(=O)c1csc2c(Br)cccc12. The molecule has 0 bridgehead atoms. The summed E-state index contributed by atoms with van der Waals surface area (Å²) >= 11 is 11.0. The van der Waals surface area contributed by atoms with Gasteiger partial charge in [0.1, 0.15) is 0 Å². The van der Waals surface area contributed by atoms with Crippen LogP contribution in [0.5, 0.6) is 0 Å². The molecule has 0 amide bonds. The topological polar surface area (TPSA) is 17.1 Å². The fourth-order valence-corrected chi connectivity index (χ4v) is 4.05. The van der Waals surface area contributed by atoms with Crippen LogP contribution in [-0.2, 0) is 0 Å². The third-order valence-electron chi connectivity index (χ3n) is 3.23. The number of hydrogen-bond acceptors (Lipinski definition) is 2. The maximum Gasteiger partial charge on any atom is 0.194 e. The van der Waals surface area contributed by atoms with Crippen molar-refractivity contribution in [3.63, 3.8) is 0 Å². The molecule has 3 rings (SSSR count). The van der Waals surface area contributed by atoms with E-state index >= 15 is 0 Å². The summed E-state index contributed by atoms with van der Waals surface area (Å²) in [6.45, 7) is 1.91. The van der Waals surface area contributed by atoms with Gasteiger partial charge >= 0.3 is 0 Å². The Bertz CT molecular complexity index is 822. The van der Waals surface area contributed by atoms with Gasteiger partial charge in [-0.25, -0.2) is 0 Å². The van der Waals surface area contributed by atoms with E-state index in [0.717, 1.165) is 25.7 Å². The monoisotopic (exact) mass is 364 g/mol. The van der Waals surface area contributed by atoms with Crippen LogP contribution in [0.1, 0.15) is 21.5 Å². The second-order valence-corrected chi connectivity index (χ2v) is 6.72. The summed E-state index contributed by atoms with van der Waals surface area (Å²) in [5.74, 6) is 0.0449. The average Bonchev–Trinajstić information content (AvgIpc) is 2.83. The van der Waals surface area contributed by atoms with Crippen molar-refractivity contribution in [2.45, 2.75) is 6.92 Å². The number of fused-ring (bicyclic) bond motifs is 1. The molecule has 0 radical (unpaired) electrons. The first kappa shape index (κ1) is 13.8. The molecule has 2 aromatic carbocycles. The third-order valence-corrected chi connectivity index (χ3v) is 5.42. The molecule has 0 N–H and O–H groups in total. The lowest BCUT2D eigenvalue weighted by Gasteiger charge is -2.05. The van der Waals surface area contributed by atoms with Crippen LogP contribution in [0.4, 0.5) is 0 Å². The van der Waals surface area contributed by atoms with Crippen molar-refractivity contribution in [3.8, 4) is 0 Å². The van der Waals surface area contributed by atoms with E-state index in [1.54, 1.807) is 23.5 Å². The van der Waals surface area contributed by atoms with Crippen molar-refractivity contribution >= 4 is 54.7 Å². The normalized spacial score (nSPS) is 10.9. The number of hydrogen-bond donors (Lipinski definition) is 0. The van der Waals surface area contributed by atoms with E-state index in [0.29, 0.717) is 10.6 Å². The van der Waals surface area contributed by atoms with Gasteiger partial charge in [0.25, 0.3) is 0 Å². The van der Waals surface area contributed by atoms with E-state index in [1.807, 2.05) is 36.6 Å². The molecule has 3 aromatic rings. The second kappa shape index (κ2) is 5.32. The molecule has 0 spiro atoms. The number of aryl methyl sites for hydroxylation is 1. The first-order valence-corrected chi connectivity index (χ1v) is 8.09. The summed E-state index contributed by atoms with van der Waals surface area (Å²) in [6.07, 6.45) is 0. The van der Waals surface area contributed by atoms with Crippen molar-refractivity contribution < 1.29 is 4.79 Å².